The summed E-state index contributed by atoms with van der Waals surface area (Å²) in [4.78, 5) is 13.8. The van der Waals surface area contributed by atoms with Crippen molar-refractivity contribution < 1.29 is 14.3 Å². The number of carbonyl (C=O) groups excluding carboxylic acids is 1. The number of carbonyl (C=O) groups is 1. The molecule has 2 saturated heterocycles. The molecule has 2 atom stereocenters. The Morgan fingerprint density at radius 2 is 2.27 bits per heavy atom. The number of ether oxygens (including phenoxy) is 2. The summed E-state index contributed by atoms with van der Waals surface area (Å²) in [7, 11) is 0. The van der Waals surface area contributed by atoms with E-state index in [1.807, 2.05) is 4.90 Å². The van der Waals surface area contributed by atoms with Crippen LogP contribution in [0.25, 0.3) is 0 Å². The molecule has 0 saturated carbocycles. The summed E-state index contributed by atoms with van der Waals surface area (Å²) in [5, 5.41) is 0. The van der Waals surface area contributed by atoms with Gasteiger partial charge in [0.25, 0.3) is 5.91 Å². The molecular weight excluding hydrogens is 196 g/mol. The lowest BCUT2D eigenvalue weighted by Crippen LogP contribution is -2.51. The maximum Gasteiger partial charge on any atom is 0.251 e. The van der Waals surface area contributed by atoms with Crippen LogP contribution in [0.2, 0.25) is 0 Å². The predicted molar refractivity (Wildman–Crippen MR) is 54.3 cm³/mol. The Bertz CT molecular complexity index is 229. The molecule has 1 unspecified atom stereocenters. The highest BCUT2D eigenvalue weighted by Gasteiger charge is 2.31. The van der Waals surface area contributed by atoms with Crippen molar-refractivity contribution in [1.82, 2.24) is 4.90 Å². The molecule has 0 aliphatic carbocycles. The van der Waals surface area contributed by atoms with Crippen molar-refractivity contribution in [2.75, 3.05) is 32.8 Å². The third kappa shape index (κ3) is 2.48. The van der Waals surface area contributed by atoms with Crippen molar-refractivity contribution in [3.05, 3.63) is 0 Å². The molecule has 2 N–H and O–H groups in total. The minimum Gasteiger partial charge on any atom is -0.373 e. The maximum atomic E-state index is 12.0. The molecule has 1 amide bonds. The molecular formula is C10H18N2O3. The largest absolute Gasteiger partial charge is 0.373 e. The minimum atomic E-state index is -0.221. The second-order valence-corrected chi connectivity index (χ2v) is 4.01. The van der Waals surface area contributed by atoms with E-state index in [4.69, 9.17) is 15.2 Å². The van der Waals surface area contributed by atoms with Crippen LogP contribution in [0, 0.1) is 0 Å². The van der Waals surface area contributed by atoms with E-state index < -0.39 is 0 Å². The number of morpholine rings is 1. The normalized spacial score (nSPS) is 31.9. The highest BCUT2D eigenvalue weighted by atomic mass is 16.5. The molecule has 0 bridgehead atoms. The van der Waals surface area contributed by atoms with Crippen LogP contribution in [0.4, 0.5) is 0 Å². The molecule has 2 heterocycles. The summed E-state index contributed by atoms with van der Waals surface area (Å²) >= 11 is 0. The Hall–Kier alpha value is -0.650. The van der Waals surface area contributed by atoms with Crippen LogP contribution >= 0.6 is 0 Å². The molecule has 0 aromatic carbocycles. The Morgan fingerprint density at radius 1 is 1.40 bits per heavy atom. The molecule has 0 aromatic heterocycles. The molecule has 2 aliphatic heterocycles. The zero-order valence-corrected chi connectivity index (χ0v) is 8.85. The minimum absolute atomic E-state index is 0.0101. The lowest BCUT2D eigenvalue weighted by Gasteiger charge is -2.33. The molecule has 2 fully saturated rings. The Kier molecular flexibility index (Phi) is 3.56. The topological polar surface area (TPSA) is 64.8 Å². The van der Waals surface area contributed by atoms with Gasteiger partial charge in [-0.15, -0.1) is 0 Å². The van der Waals surface area contributed by atoms with E-state index in [0.29, 0.717) is 32.8 Å². The van der Waals surface area contributed by atoms with Crippen LogP contribution in [-0.4, -0.2) is 55.9 Å². The first-order chi connectivity index (χ1) is 7.31. The van der Waals surface area contributed by atoms with Crippen molar-refractivity contribution in [3.63, 3.8) is 0 Å². The van der Waals surface area contributed by atoms with Gasteiger partial charge in [-0.05, 0) is 12.8 Å². The SMILES string of the molecule is NCC1CN(C(=O)[C@@H]2CCCO2)CCO1. The average molecular weight is 214 g/mol. The molecule has 0 aromatic rings. The van der Waals surface area contributed by atoms with Gasteiger partial charge in [-0.25, -0.2) is 0 Å². The van der Waals surface area contributed by atoms with Crippen molar-refractivity contribution in [1.29, 1.82) is 0 Å². The molecule has 0 radical (unpaired) electrons. The van der Waals surface area contributed by atoms with E-state index in [1.165, 1.54) is 0 Å². The first-order valence-electron chi connectivity index (χ1n) is 5.53. The highest BCUT2D eigenvalue weighted by molar-refractivity contribution is 5.81. The van der Waals surface area contributed by atoms with Gasteiger partial charge in [-0.3, -0.25) is 4.79 Å². The van der Waals surface area contributed by atoms with Crippen molar-refractivity contribution in [3.8, 4) is 0 Å². The lowest BCUT2D eigenvalue weighted by molar-refractivity contribution is -0.148. The first-order valence-corrected chi connectivity index (χ1v) is 5.53. The van der Waals surface area contributed by atoms with Gasteiger partial charge in [0.2, 0.25) is 0 Å². The average Bonchev–Trinajstić information content (AvgIpc) is 2.81. The number of amides is 1. The molecule has 2 aliphatic rings. The maximum absolute atomic E-state index is 12.0. The van der Waals surface area contributed by atoms with Crippen LogP contribution in [0.15, 0.2) is 0 Å². The van der Waals surface area contributed by atoms with Crippen molar-refractivity contribution >= 4 is 5.91 Å². The van der Waals surface area contributed by atoms with E-state index in [-0.39, 0.29) is 18.1 Å². The second kappa shape index (κ2) is 4.92. The fourth-order valence-electron chi connectivity index (χ4n) is 2.04. The van der Waals surface area contributed by atoms with E-state index in [0.717, 1.165) is 12.8 Å². The summed E-state index contributed by atoms with van der Waals surface area (Å²) in [5.74, 6) is 0.106. The molecule has 5 heteroatoms. The number of nitrogens with zero attached hydrogens (tertiary/aromatic N) is 1. The number of nitrogens with two attached hydrogens (primary N) is 1. The van der Waals surface area contributed by atoms with E-state index >= 15 is 0 Å². The van der Waals surface area contributed by atoms with Gasteiger partial charge in [-0.2, -0.15) is 0 Å². The first kappa shape index (κ1) is 10.9. The molecule has 0 spiro atoms. The van der Waals surface area contributed by atoms with Gasteiger partial charge < -0.3 is 20.1 Å². The van der Waals surface area contributed by atoms with Gasteiger partial charge >= 0.3 is 0 Å². The van der Waals surface area contributed by atoms with Crippen LogP contribution in [0.3, 0.4) is 0 Å². The molecule has 5 nitrogen and oxygen atoms in total. The Labute approximate surface area is 89.5 Å². The fourth-order valence-corrected chi connectivity index (χ4v) is 2.04. The van der Waals surface area contributed by atoms with E-state index in [2.05, 4.69) is 0 Å². The van der Waals surface area contributed by atoms with Crippen LogP contribution in [0.1, 0.15) is 12.8 Å². The summed E-state index contributed by atoms with van der Waals surface area (Å²) < 4.78 is 10.8. The molecule has 15 heavy (non-hydrogen) atoms. The van der Waals surface area contributed by atoms with Gasteiger partial charge in [-0.1, -0.05) is 0 Å². The van der Waals surface area contributed by atoms with Crippen LogP contribution < -0.4 is 5.73 Å². The standard InChI is InChI=1S/C10H18N2O3/c11-6-8-7-12(3-5-14-8)10(13)9-2-1-4-15-9/h8-9H,1-7,11H2/t8?,9-/m0/s1. The summed E-state index contributed by atoms with van der Waals surface area (Å²) in [6.07, 6.45) is 1.61. The third-order valence-electron chi connectivity index (χ3n) is 2.92. The van der Waals surface area contributed by atoms with Gasteiger partial charge in [0.05, 0.1) is 12.7 Å². The van der Waals surface area contributed by atoms with Gasteiger partial charge in [0, 0.05) is 26.2 Å². The monoisotopic (exact) mass is 214 g/mol. The number of hydrogen-bond donors (Lipinski definition) is 1. The Morgan fingerprint density at radius 3 is 2.93 bits per heavy atom. The van der Waals surface area contributed by atoms with Crippen LogP contribution in [0.5, 0.6) is 0 Å². The molecule has 2 rings (SSSR count). The third-order valence-corrected chi connectivity index (χ3v) is 2.92. The van der Waals surface area contributed by atoms with E-state index in [9.17, 15) is 4.79 Å². The fraction of sp³-hybridized carbons (Fsp3) is 0.900. The quantitative estimate of drug-likeness (QED) is 0.663. The molecule has 86 valence electrons. The lowest BCUT2D eigenvalue weighted by atomic mass is 10.2. The zero-order valence-electron chi connectivity index (χ0n) is 8.85. The predicted octanol–water partition coefficient (Wildman–Crippen LogP) is -0.648. The summed E-state index contributed by atoms with van der Waals surface area (Å²) in [6.45, 7) is 3.03. The second-order valence-electron chi connectivity index (χ2n) is 4.01. The van der Waals surface area contributed by atoms with Gasteiger partial charge in [0.1, 0.15) is 6.10 Å². The van der Waals surface area contributed by atoms with E-state index in [1.54, 1.807) is 0 Å². The number of hydrogen-bond acceptors (Lipinski definition) is 4. The summed E-state index contributed by atoms with van der Waals surface area (Å²) in [6, 6.07) is 0. The van der Waals surface area contributed by atoms with Crippen molar-refractivity contribution in [2.45, 2.75) is 25.0 Å². The van der Waals surface area contributed by atoms with Crippen LogP contribution in [-0.2, 0) is 14.3 Å². The zero-order chi connectivity index (χ0) is 10.7. The van der Waals surface area contributed by atoms with Crippen molar-refractivity contribution in [2.24, 2.45) is 5.73 Å². The number of rotatable bonds is 2. The highest BCUT2D eigenvalue weighted by Crippen LogP contribution is 2.16. The van der Waals surface area contributed by atoms with Gasteiger partial charge in [0.15, 0.2) is 0 Å². The smallest absolute Gasteiger partial charge is 0.251 e. The Balaban J connectivity index is 1.88. The summed E-state index contributed by atoms with van der Waals surface area (Å²) in [5.41, 5.74) is 5.52.